The molecule has 1 aliphatic carbocycles. The molecule has 1 aromatic carbocycles. The molecule has 112 valence electrons. The molecule has 1 fully saturated rings. The fourth-order valence-electron chi connectivity index (χ4n) is 2.42. The van der Waals surface area contributed by atoms with Crippen molar-refractivity contribution in [2.45, 2.75) is 43.6 Å². The minimum absolute atomic E-state index is 0.204. The van der Waals surface area contributed by atoms with Gasteiger partial charge in [0.25, 0.3) is 0 Å². The zero-order chi connectivity index (χ0) is 14.6. The van der Waals surface area contributed by atoms with Gasteiger partial charge in [-0.15, -0.1) is 0 Å². The van der Waals surface area contributed by atoms with Gasteiger partial charge >= 0.3 is 6.61 Å². The molecule has 1 atom stereocenters. The maximum atomic E-state index is 12.1. The Bertz CT molecular complexity index is 415. The number of hydrogen-bond acceptors (Lipinski definition) is 3. The average Bonchev–Trinajstić information content (AvgIpc) is 2.38. The van der Waals surface area contributed by atoms with Crippen molar-refractivity contribution in [1.29, 1.82) is 0 Å². The van der Waals surface area contributed by atoms with Crippen LogP contribution in [0.5, 0.6) is 5.75 Å². The van der Waals surface area contributed by atoms with Gasteiger partial charge in [-0.3, -0.25) is 0 Å². The molecule has 0 amide bonds. The van der Waals surface area contributed by atoms with Crippen molar-refractivity contribution in [2.75, 3.05) is 12.8 Å². The third kappa shape index (κ3) is 3.85. The van der Waals surface area contributed by atoms with Crippen molar-refractivity contribution in [3.63, 3.8) is 0 Å². The molecule has 1 saturated carbocycles. The molecule has 20 heavy (non-hydrogen) atoms. The van der Waals surface area contributed by atoms with Crippen LogP contribution in [-0.4, -0.2) is 24.2 Å². The van der Waals surface area contributed by atoms with E-state index in [-0.39, 0.29) is 11.8 Å². The summed E-state index contributed by atoms with van der Waals surface area (Å²) < 4.78 is 28.9. The van der Waals surface area contributed by atoms with E-state index in [0.29, 0.717) is 4.75 Å². The Balaban J connectivity index is 1.87. The van der Waals surface area contributed by atoms with Crippen molar-refractivity contribution < 1.29 is 13.5 Å². The van der Waals surface area contributed by atoms with Crippen LogP contribution in [0.4, 0.5) is 8.78 Å². The SMILES string of the molecule is CSC1(CNC(C)c2ccc(OC(F)F)cc2)CCC1. The standard InChI is InChI=1S/C15H21F2NOS/c1-11(18-10-15(20-2)8-3-9-15)12-4-6-13(7-5-12)19-14(16)17/h4-7,11,14,18H,3,8-10H2,1-2H3. The third-order valence-corrected chi connectivity index (χ3v) is 5.45. The Morgan fingerprint density at radius 3 is 2.40 bits per heavy atom. The van der Waals surface area contributed by atoms with Crippen LogP contribution in [0.25, 0.3) is 0 Å². The van der Waals surface area contributed by atoms with Crippen LogP contribution in [-0.2, 0) is 0 Å². The number of hydrogen-bond donors (Lipinski definition) is 1. The Morgan fingerprint density at radius 2 is 1.95 bits per heavy atom. The minimum Gasteiger partial charge on any atom is -0.435 e. The first-order valence-corrected chi connectivity index (χ1v) is 8.10. The van der Waals surface area contributed by atoms with E-state index in [9.17, 15) is 8.78 Å². The van der Waals surface area contributed by atoms with E-state index in [1.165, 1.54) is 19.3 Å². The summed E-state index contributed by atoms with van der Waals surface area (Å²) in [5.74, 6) is 0.204. The molecule has 1 aliphatic rings. The molecule has 0 aliphatic heterocycles. The number of benzene rings is 1. The summed E-state index contributed by atoms with van der Waals surface area (Å²) in [4.78, 5) is 0. The van der Waals surface area contributed by atoms with Gasteiger partial charge in [-0.1, -0.05) is 18.6 Å². The second-order valence-corrected chi connectivity index (χ2v) is 6.57. The highest BCUT2D eigenvalue weighted by molar-refractivity contribution is 8.00. The summed E-state index contributed by atoms with van der Waals surface area (Å²) in [6.07, 6.45) is 6.03. The summed E-state index contributed by atoms with van der Waals surface area (Å²) in [5, 5.41) is 3.54. The first-order valence-electron chi connectivity index (χ1n) is 6.88. The first-order chi connectivity index (χ1) is 9.54. The predicted molar refractivity (Wildman–Crippen MR) is 79.6 cm³/mol. The van der Waals surface area contributed by atoms with Crippen molar-refractivity contribution >= 4 is 11.8 Å². The highest BCUT2D eigenvalue weighted by atomic mass is 32.2. The van der Waals surface area contributed by atoms with Gasteiger partial charge in [0.1, 0.15) is 5.75 Å². The zero-order valence-corrected chi connectivity index (χ0v) is 12.7. The minimum atomic E-state index is -2.77. The monoisotopic (exact) mass is 301 g/mol. The number of thioether (sulfide) groups is 1. The quantitative estimate of drug-likeness (QED) is 0.814. The number of ether oxygens (including phenoxy) is 1. The van der Waals surface area contributed by atoms with Crippen LogP contribution in [0.1, 0.15) is 37.8 Å². The van der Waals surface area contributed by atoms with E-state index in [4.69, 9.17) is 0 Å². The average molecular weight is 301 g/mol. The Hall–Kier alpha value is -0.810. The summed E-state index contributed by atoms with van der Waals surface area (Å²) in [6.45, 7) is 0.316. The molecule has 0 aromatic heterocycles. The highest BCUT2D eigenvalue weighted by Crippen LogP contribution is 2.42. The van der Waals surface area contributed by atoms with Crippen molar-refractivity contribution in [3.8, 4) is 5.75 Å². The van der Waals surface area contributed by atoms with Gasteiger partial charge in [0.05, 0.1) is 0 Å². The summed E-state index contributed by atoms with van der Waals surface area (Å²) in [7, 11) is 0. The van der Waals surface area contributed by atoms with Crippen LogP contribution >= 0.6 is 11.8 Å². The van der Waals surface area contributed by atoms with Crippen molar-refractivity contribution in [3.05, 3.63) is 29.8 Å². The maximum absolute atomic E-state index is 12.1. The van der Waals surface area contributed by atoms with Crippen LogP contribution in [0, 0.1) is 0 Å². The van der Waals surface area contributed by atoms with Crippen LogP contribution in [0.3, 0.4) is 0 Å². The number of rotatable bonds is 7. The fraction of sp³-hybridized carbons (Fsp3) is 0.600. The fourth-order valence-corrected chi connectivity index (χ4v) is 3.34. The van der Waals surface area contributed by atoms with Crippen LogP contribution in [0.15, 0.2) is 24.3 Å². The molecule has 2 nitrogen and oxygen atoms in total. The molecule has 0 radical (unpaired) electrons. The van der Waals surface area contributed by atoms with Gasteiger partial charge in [-0.25, -0.2) is 0 Å². The predicted octanol–water partition coefficient (Wildman–Crippen LogP) is 4.22. The largest absolute Gasteiger partial charge is 0.435 e. The third-order valence-electron chi connectivity index (χ3n) is 4.03. The lowest BCUT2D eigenvalue weighted by Gasteiger charge is -2.41. The molecular formula is C15H21F2NOS. The molecule has 2 rings (SSSR count). The number of halogens is 2. The molecule has 0 heterocycles. The van der Waals surface area contributed by atoms with E-state index in [1.54, 1.807) is 12.1 Å². The van der Waals surface area contributed by atoms with E-state index in [1.807, 2.05) is 23.9 Å². The molecule has 1 unspecified atom stereocenters. The van der Waals surface area contributed by atoms with Gasteiger partial charge in [0.15, 0.2) is 0 Å². The van der Waals surface area contributed by atoms with Crippen LogP contribution < -0.4 is 10.1 Å². The molecule has 0 saturated heterocycles. The Labute approximate surface area is 123 Å². The molecule has 0 bridgehead atoms. The van der Waals surface area contributed by atoms with Gasteiger partial charge in [0.2, 0.25) is 0 Å². The van der Waals surface area contributed by atoms with Gasteiger partial charge in [-0.2, -0.15) is 20.5 Å². The van der Waals surface area contributed by atoms with Crippen molar-refractivity contribution in [1.82, 2.24) is 5.32 Å². The second-order valence-electron chi connectivity index (χ2n) is 5.29. The summed E-state index contributed by atoms with van der Waals surface area (Å²) in [6, 6.07) is 7.06. The maximum Gasteiger partial charge on any atom is 0.387 e. The first kappa shape index (κ1) is 15.6. The van der Waals surface area contributed by atoms with Crippen molar-refractivity contribution in [2.24, 2.45) is 0 Å². The smallest absolute Gasteiger partial charge is 0.387 e. The highest BCUT2D eigenvalue weighted by Gasteiger charge is 2.35. The number of nitrogens with one attached hydrogen (secondary N) is 1. The number of alkyl halides is 2. The zero-order valence-electron chi connectivity index (χ0n) is 11.9. The molecule has 1 N–H and O–H groups in total. The Morgan fingerprint density at radius 1 is 1.30 bits per heavy atom. The van der Waals surface area contributed by atoms with E-state index in [0.717, 1.165) is 12.1 Å². The normalized spacial score (nSPS) is 18.6. The molecule has 1 aromatic rings. The lowest BCUT2D eigenvalue weighted by Crippen LogP contribution is -2.43. The Kier molecular flexibility index (Phi) is 5.27. The van der Waals surface area contributed by atoms with E-state index >= 15 is 0 Å². The van der Waals surface area contributed by atoms with Crippen LogP contribution in [0.2, 0.25) is 0 Å². The van der Waals surface area contributed by atoms with Gasteiger partial charge < -0.3 is 10.1 Å². The molecule has 5 heteroatoms. The molecule has 0 spiro atoms. The lowest BCUT2D eigenvalue weighted by atomic mass is 9.84. The van der Waals surface area contributed by atoms with E-state index in [2.05, 4.69) is 23.2 Å². The lowest BCUT2D eigenvalue weighted by molar-refractivity contribution is -0.0498. The topological polar surface area (TPSA) is 21.3 Å². The summed E-state index contributed by atoms with van der Waals surface area (Å²) >= 11 is 1.94. The molecular weight excluding hydrogens is 280 g/mol. The second kappa shape index (κ2) is 6.76. The van der Waals surface area contributed by atoms with E-state index < -0.39 is 6.61 Å². The van der Waals surface area contributed by atoms with Gasteiger partial charge in [0, 0.05) is 17.3 Å². The van der Waals surface area contributed by atoms with Gasteiger partial charge in [-0.05, 0) is 43.7 Å². The summed E-state index contributed by atoms with van der Waals surface area (Å²) in [5.41, 5.74) is 1.09.